The van der Waals surface area contributed by atoms with E-state index in [-0.39, 0.29) is 6.04 Å². The number of hydrogen-bond donors (Lipinski definition) is 1. The number of aromatic nitrogens is 2. The van der Waals surface area contributed by atoms with Gasteiger partial charge in [-0.25, -0.2) is 4.98 Å². The molecule has 0 bridgehead atoms. The van der Waals surface area contributed by atoms with E-state index in [2.05, 4.69) is 42.2 Å². The maximum atomic E-state index is 4.79. The number of halogens is 2. The van der Waals surface area contributed by atoms with Crippen LogP contribution in [0.1, 0.15) is 33.7 Å². The molecule has 0 amide bonds. The second-order valence-corrected chi connectivity index (χ2v) is 7.40. The van der Waals surface area contributed by atoms with E-state index >= 15 is 0 Å². The van der Waals surface area contributed by atoms with E-state index in [4.69, 9.17) is 4.98 Å². The summed E-state index contributed by atoms with van der Waals surface area (Å²) in [6.45, 7) is 0. The maximum absolute atomic E-state index is 4.79. The number of rotatable bonds is 3. The number of pyridine rings is 1. The molecule has 1 N–H and O–H groups in total. The Hall–Kier alpha value is -0.300. The van der Waals surface area contributed by atoms with Crippen LogP contribution in [0.4, 0.5) is 0 Å². The van der Waals surface area contributed by atoms with Gasteiger partial charge >= 0.3 is 0 Å². The highest BCUT2D eigenvalue weighted by Crippen LogP contribution is 2.35. The molecule has 3 rings (SSSR count). The average Bonchev–Trinajstić information content (AvgIpc) is 2.93. The Morgan fingerprint density at radius 3 is 2.89 bits per heavy atom. The fourth-order valence-corrected chi connectivity index (χ4v) is 4.83. The van der Waals surface area contributed by atoms with Gasteiger partial charge in [-0.15, -0.1) is 11.3 Å². The molecule has 3 nitrogen and oxygen atoms in total. The molecular formula is C13H13Br2N3S. The average molecular weight is 403 g/mol. The molecule has 1 unspecified atom stereocenters. The van der Waals surface area contributed by atoms with Crippen LogP contribution >= 0.6 is 43.2 Å². The molecule has 2 heterocycles. The first-order valence-electron chi connectivity index (χ1n) is 6.15. The van der Waals surface area contributed by atoms with Crippen LogP contribution in [0.5, 0.6) is 0 Å². The van der Waals surface area contributed by atoms with Crippen molar-refractivity contribution in [3.05, 3.63) is 42.5 Å². The molecule has 1 aliphatic carbocycles. The first-order chi connectivity index (χ1) is 9.19. The lowest BCUT2D eigenvalue weighted by atomic mass is 10.2. The summed E-state index contributed by atoms with van der Waals surface area (Å²) in [5, 5.41) is 4.44. The molecule has 0 aliphatic heterocycles. The molecule has 6 heteroatoms. The minimum absolute atomic E-state index is 0.0538. The van der Waals surface area contributed by atoms with Gasteiger partial charge < -0.3 is 5.32 Å². The summed E-state index contributed by atoms with van der Waals surface area (Å²) in [7, 11) is 1.95. The van der Waals surface area contributed by atoms with Crippen molar-refractivity contribution in [2.45, 2.75) is 25.3 Å². The van der Waals surface area contributed by atoms with Crippen molar-refractivity contribution in [1.82, 2.24) is 15.3 Å². The Kier molecular flexibility index (Phi) is 4.03. The van der Waals surface area contributed by atoms with Crippen LogP contribution in [0.25, 0.3) is 0 Å². The quantitative estimate of drug-likeness (QED) is 0.846. The van der Waals surface area contributed by atoms with Crippen LogP contribution in [0.3, 0.4) is 0 Å². The zero-order chi connectivity index (χ0) is 13.4. The first kappa shape index (κ1) is 13.7. The summed E-state index contributed by atoms with van der Waals surface area (Å²) in [4.78, 5) is 10.8. The summed E-state index contributed by atoms with van der Waals surface area (Å²) < 4.78 is 1.97. The first-order valence-corrected chi connectivity index (χ1v) is 8.56. The summed E-state index contributed by atoms with van der Waals surface area (Å²) in [6, 6.07) is 2.08. The zero-order valence-corrected chi connectivity index (χ0v) is 14.4. The second-order valence-electron chi connectivity index (χ2n) is 4.52. The molecule has 0 aromatic carbocycles. The third kappa shape index (κ3) is 2.63. The second kappa shape index (κ2) is 5.60. The van der Waals surface area contributed by atoms with E-state index < -0.39 is 0 Å². The van der Waals surface area contributed by atoms with Crippen molar-refractivity contribution in [3.63, 3.8) is 0 Å². The minimum Gasteiger partial charge on any atom is -0.306 e. The van der Waals surface area contributed by atoms with Crippen molar-refractivity contribution in [3.8, 4) is 0 Å². The van der Waals surface area contributed by atoms with Gasteiger partial charge in [0.2, 0.25) is 0 Å². The predicted molar refractivity (Wildman–Crippen MR) is 84.7 cm³/mol. The predicted octanol–water partition coefficient (Wildman–Crippen LogP) is 3.86. The highest BCUT2D eigenvalue weighted by molar-refractivity contribution is 9.11. The monoisotopic (exact) mass is 401 g/mol. The Balaban J connectivity index is 1.99. The van der Waals surface area contributed by atoms with Crippen LogP contribution in [0.15, 0.2) is 21.2 Å². The standard InChI is InChI=1S/C13H13Br2N3S/c1-16-12(11-8(15)5-7(14)6-17-11)13-18-9-3-2-4-10(9)19-13/h5-6,12,16H,2-4H2,1H3. The van der Waals surface area contributed by atoms with Crippen LogP contribution in [-0.2, 0) is 12.8 Å². The molecule has 0 radical (unpaired) electrons. The number of nitrogens with zero attached hydrogens (tertiary/aromatic N) is 2. The molecule has 100 valence electrons. The number of thiazole rings is 1. The molecule has 19 heavy (non-hydrogen) atoms. The number of fused-ring (bicyclic) bond motifs is 1. The van der Waals surface area contributed by atoms with Crippen molar-refractivity contribution in [2.24, 2.45) is 0 Å². The van der Waals surface area contributed by atoms with E-state index in [1.54, 1.807) is 0 Å². The SMILES string of the molecule is CNC(c1nc2c(s1)CCC2)c1ncc(Br)cc1Br. The molecule has 0 saturated heterocycles. The van der Waals surface area contributed by atoms with Gasteiger partial charge in [0.1, 0.15) is 11.0 Å². The largest absolute Gasteiger partial charge is 0.306 e. The smallest absolute Gasteiger partial charge is 0.116 e. The van der Waals surface area contributed by atoms with Gasteiger partial charge in [0.05, 0.1) is 11.4 Å². The van der Waals surface area contributed by atoms with Crippen molar-refractivity contribution in [2.75, 3.05) is 7.05 Å². The lowest BCUT2D eigenvalue weighted by molar-refractivity contribution is 0.659. The zero-order valence-electron chi connectivity index (χ0n) is 10.4. The van der Waals surface area contributed by atoms with Gasteiger partial charge in [0, 0.05) is 20.0 Å². The van der Waals surface area contributed by atoms with Crippen LogP contribution < -0.4 is 5.32 Å². The summed E-state index contributed by atoms with van der Waals surface area (Å²) in [5.74, 6) is 0. The highest BCUT2D eigenvalue weighted by atomic mass is 79.9. The summed E-state index contributed by atoms with van der Waals surface area (Å²) in [5.41, 5.74) is 2.27. The lowest BCUT2D eigenvalue weighted by Crippen LogP contribution is -2.19. The van der Waals surface area contributed by atoms with Crippen molar-refractivity contribution in [1.29, 1.82) is 0 Å². The van der Waals surface area contributed by atoms with Crippen LogP contribution in [-0.4, -0.2) is 17.0 Å². The van der Waals surface area contributed by atoms with Gasteiger partial charge in [-0.1, -0.05) is 0 Å². The maximum Gasteiger partial charge on any atom is 0.116 e. The minimum atomic E-state index is 0.0538. The van der Waals surface area contributed by atoms with E-state index in [1.807, 2.05) is 30.6 Å². The Labute approximate surface area is 133 Å². The van der Waals surface area contributed by atoms with E-state index in [1.165, 1.54) is 23.4 Å². The molecule has 0 fully saturated rings. The van der Waals surface area contributed by atoms with Gasteiger partial charge in [-0.3, -0.25) is 4.98 Å². The fourth-order valence-electron chi connectivity index (χ4n) is 2.35. The fraction of sp³-hybridized carbons (Fsp3) is 0.385. The van der Waals surface area contributed by atoms with Crippen LogP contribution in [0, 0.1) is 0 Å². The van der Waals surface area contributed by atoms with Gasteiger partial charge in [0.15, 0.2) is 0 Å². The van der Waals surface area contributed by atoms with Crippen molar-refractivity contribution < 1.29 is 0 Å². The topological polar surface area (TPSA) is 37.8 Å². The lowest BCUT2D eigenvalue weighted by Gasteiger charge is -2.14. The summed E-state index contributed by atoms with van der Waals surface area (Å²) >= 11 is 8.84. The molecular weight excluding hydrogens is 390 g/mol. The Bertz CT molecular complexity index is 590. The summed E-state index contributed by atoms with van der Waals surface area (Å²) in [6.07, 6.45) is 5.38. The molecule has 2 aromatic heterocycles. The molecule has 1 atom stereocenters. The van der Waals surface area contributed by atoms with Gasteiger partial charge in [-0.05, 0) is 64.2 Å². The Morgan fingerprint density at radius 2 is 2.21 bits per heavy atom. The number of hydrogen-bond acceptors (Lipinski definition) is 4. The third-order valence-electron chi connectivity index (χ3n) is 3.26. The number of aryl methyl sites for hydroxylation is 2. The van der Waals surface area contributed by atoms with Crippen molar-refractivity contribution >= 4 is 43.2 Å². The highest BCUT2D eigenvalue weighted by Gasteiger charge is 2.24. The normalized spacial score (nSPS) is 15.5. The molecule has 0 spiro atoms. The Morgan fingerprint density at radius 1 is 1.37 bits per heavy atom. The molecule has 2 aromatic rings. The van der Waals surface area contributed by atoms with E-state index in [0.29, 0.717) is 0 Å². The van der Waals surface area contributed by atoms with E-state index in [9.17, 15) is 0 Å². The third-order valence-corrected chi connectivity index (χ3v) is 5.55. The number of nitrogens with one attached hydrogen (secondary N) is 1. The van der Waals surface area contributed by atoms with Gasteiger partial charge in [0.25, 0.3) is 0 Å². The molecule has 0 saturated carbocycles. The molecule has 1 aliphatic rings. The van der Waals surface area contributed by atoms with Crippen LogP contribution in [0.2, 0.25) is 0 Å². The van der Waals surface area contributed by atoms with E-state index in [0.717, 1.165) is 26.1 Å². The van der Waals surface area contributed by atoms with Gasteiger partial charge in [-0.2, -0.15) is 0 Å².